The maximum atomic E-state index is 12.4. The molecule has 0 aliphatic heterocycles. The van der Waals surface area contributed by atoms with E-state index in [4.69, 9.17) is 5.26 Å². The molecule has 6 heteroatoms. The van der Waals surface area contributed by atoms with Crippen LogP contribution in [0.15, 0.2) is 71.5 Å². The molecule has 0 unspecified atom stereocenters. The number of anilines is 3. The summed E-state index contributed by atoms with van der Waals surface area (Å²) >= 11 is 3.40. The monoisotopic (exact) mass is 392 g/mol. The predicted octanol–water partition coefficient (Wildman–Crippen LogP) is 4.71. The van der Waals surface area contributed by atoms with Gasteiger partial charge >= 0.3 is 0 Å². The van der Waals surface area contributed by atoms with Crippen molar-refractivity contribution in [2.75, 3.05) is 10.6 Å². The molecule has 3 rings (SSSR count). The van der Waals surface area contributed by atoms with Gasteiger partial charge in [0.25, 0.3) is 5.91 Å². The molecule has 25 heavy (non-hydrogen) atoms. The smallest absolute Gasteiger partial charge is 0.257 e. The minimum atomic E-state index is -0.267. The Morgan fingerprint density at radius 3 is 2.52 bits per heavy atom. The molecular formula is C19H13BrN4O. The van der Waals surface area contributed by atoms with Gasteiger partial charge in [-0.3, -0.25) is 9.78 Å². The van der Waals surface area contributed by atoms with Crippen LogP contribution >= 0.6 is 15.9 Å². The molecule has 0 bridgehead atoms. The number of aromatic nitrogens is 1. The Labute approximate surface area is 153 Å². The molecule has 2 aromatic carbocycles. The third-order valence-electron chi connectivity index (χ3n) is 3.45. The van der Waals surface area contributed by atoms with Gasteiger partial charge in [-0.15, -0.1) is 0 Å². The lowest BCUT2D eigenvalue weighted by atomic mass is 10.2. The first-order valence-corrected chi connectivity index (χ1v) is 8.24. The van der Waals surface area contributed by atoms with Gasteiger partial charge in [0.15, 0.2) is 0 Å². The fourth-order valence-corrected chi connectivity index (χ4v) is 2.62. The van der Waals surface area contributed by atoms with E-state index in [1.807, 2.05) is 24.3 Å². The van der Waals surface area contributed by atoms with E-state index in [1.165, 1.54) is 6.20 Å². The fourth-order valence-electron chi connectivity index (χ4n) is 2.23. The molecule has 2 N–H and O–H groups in total. The van der Waals surface area contributed by atoms with Crippen LogP contribution in [-0.2, 0) is 0 Å². The zero-order chi connectivity index (χ0) is 17.6. The van der Waals surface area contributed by atoms with E-state index in [-0.39, 0.29) is 5.91 Å². The van der Waals surface area contributed by atoms with E-state index in [1.54, 1.807) is 36.5 Å². The van der Waals surface area contributed by atoms with Gasteiger partial charge in [-0.25, -0.2) is 0 Å². The summed E-state index contributed by atoms with van der Waals surface area (Å²) < 4.78 is 0.800. The summed E-state index contributed by atoms with van der Waals surface area (Å²) in [6.07, 6.45) is 3.09. The van der Waals surface area contributed by atoms with Crippen molar-refractivity contribution in [1.29, 1.82) is 5.26 Å². The van der Waals surface area contributed by atoms with E-state index >= 15 is 0 Å². The van der Waals surface area contributed by atoms with Crippen LogP contribution in [0.4, 0.5) is 17.1 Å². The molecule has 0 aliphatic carbocycles. The second kappa shape index (κ2) is 7.60. The van der Waals surface area contributed by atoms with Crippen LogP contribution in [0.1, 0.15) is 15.9 Å². The lowest BCUT2D eigenvalue weighted by molar-refractivity contribution is 0.102. The Morgan fingerprint density at radius 1 is 1.04 bits per heavy atom. The number of benzene rings is 2. The Kier molecular flexibility index (Phi) is 5.07. The number of carbonyl (C=O) groups is 1. The topological polar surface area (TPSA) is 77.8 Å². The Balaban J connectivity index is 1.81. The molecule has 122 valence electrons. The quantitative estimate of drug-likeness (QED) is 0.673. The van der Waals surface area contributed by atoms with E-state index in [2.05, 4.69) is 37.6 Å². The van der Waals surface area contributed by atoms with E-state index in [0.29, 0.717) is 28.2 Å². The summed E-state index contributed by atoms with van der Waals surface area (Å²) in [4.78, 5) is 16.5. The number of amides is 1. The number of para-hydroxylation sites is 2. The molecule has 0 radical (unpaired) electrons. The first kappa shape index (κ1) is 16.7. The Bertz CT molecular complexity index is 965. The normalized spacial score (nSPS) is 9.92. The number of halogens is 1. The Hall–Kier alpha value is -3.17. The number of nitriles is 1. The van der Waals surface area contributed by atoms with Crippen molar-refractivity contribution in [1.82, 2.24) is 4.98 Å². The predicted molar refractivity (Wildman–Crippen MR) is 101 cm³/mol. The molecule has 0 saturated heterocycles. The summed E-state index contributed by atoms with van der Waals surface area (Å²) in [5.74, 6) is -0.267. The van der Waals surface area contributed by atoms with Crippen molar-refractivity contribution in [3.05, 3.63) is 82.6 Å². The number of nitrogens with zero attached hydrogens (tertiary/aromatic N) is 2. The minimum Gasteiger partial charge on any atom is -0.353 e. The van der Waals surface area contributed by atoms with Gasteiger partial charge in [0.1, 0.15) is 6.07 Å². The first-order valence-electron chi connectivity index (χ1n) is 7.44. The molecule has 0 fully saturated rings. The molecule has 0 aliphatic rings. The second-order valence-corrected chi connectivity index (χ2v) is 6.03. The molecule has 0 saturated carbocycles. The highest BCUT2D eigenvalue weighted by atomic mass is 79.9. The van der Waals surface area contributed by atoms with E-state index in [0.717, 1.165) is 4.47 Å². The molecule has 0 spiro atoms. The van der Waals surface area contributed by atoms with Crippen molar-refractivity contribution >= 4 is 38.9 Å². The first-order chi connectivity index (χ1) is 12.2. The number of hydrogen-bond donors (Lipinski definition) is 2. The van der Waals surface area contributed by atoms with Crippen molar-refractivity contribution in [3.63, 3.8) is 0 Å². The van der Waals surface area contributed by atoms with Gasteiger partial charge in [0.2, 0.25) is 0 Å². The van der Waals surface area contributed by atoms with Gasteiger partial charge < -0.3 is 10.6 Å². The van der Waals surface area contributed by atoms with Gasteiger partial charge in [0.05, 0.1) is 34.4 Å². The lowest BCUT2D eigenvalue weighted by Gasteiger charge is -2.10. The number of pyridine rings is 1. The van der Waals surface area contributed by atoms with E-state index < -0.39 is 0 Å². The lowest BCUT2D eigenvalue weighted by Crippen LogP contribution is -2.12. The SMILES string of the molecule is N#Cc1ccccc1Nc1cncc(C(=O)Nc2ccccc2Br)c1. The van der Waals surface area contributed by atoms with Gasteiger partial charge in [-0.05, 0) is 46.3 Å². The highest BCUT2D eigenvalue weighted by Crippen LogP contribution is 2.23. The van der Waals surface area contributed by atoms with Crippen LogP contribution in [0.25, 0.3) is 0 Å². The Morgan fingerprint density at radius 2 is 1.76 bits per heavy atom. The average molecular weight is 393 g/mol. The zero-order valence-corrected chi connectivity index (χ0v) is 14.6. The largest absolute Gasteiger partial charge is 0.353 e. The molecule has 5 nitrogen and oxygen atoms in total. The molecule has 1 aromatic heterocycles. The maximum absolute atomic E-state index is 12.4. The zero-order valence-electron chi connectivity index (χ0n) is 13.0. The second-order valence-electron chi connectivity index (χ2n) is 5.18. The standard InChI is InChI=1S/C19H13BrN4O/c20-16-6-2-4-8-18(16)24-19(25)14-9-15(12-22-11-14)23-17-7-3-1-5-13(17)10-21/h1-9,11-12,23H,(H,24,25). The molecule has 1 amide bonds. The number of nitrogens with one attached hydrogen (secondary N) is 2. The van der Waals surface area contributed by atoms with Crippen LogP contribution in [0.2, 0.25) is 0 Å². The van der Waals surface area contributed by atoms with Crippen LogP contribution < -0.4 is 10.6 Å². The van der Waals surface area contributed by atoms with Crippen LogP contribution in [0.3, 0.4) is 0 Å². The van der Waals surface area contributed by atoms with Crippen molar-refractivity contribution in [3.8, 4) is 6.07 Å². The van der Waals surface area contributed by atoms with Gasteiger partial charge in [-0.1, -0.05) is 24.3 Å². The highest BCUT2D eigenvalue weighted by molar-refractivity contribution is 9.10. The summed E-state index contributed by atoms with van der Waals surface area (Å²) in [5.41, 5.74) is 2.90. The van der Waals surface area contributed by atoms with Crippen LogP contribution in [0.5, 0.6) is 0 Å². The summed E-state index contributed by atoms with van der Waals surface area (Å²) in [7, 11) is 0. The van der Waals surface area contributed by atoms with Crippen molar-refractivity contribution in [2.45, 2.75) is 0 Å². The average Bonchev–Trinajstić information content (AvgIpc) is 2.64. The number of carbonyl (C=O) groups excluding carboxylic acids is 1. The summed E-state index contributed by atoms with van der Waals surface area (Å²) in [6.45, 7) is 0. The molecule has 0 atom stereocenters. The van der Waals surface area contributed by atoms with Crippen LogP contribution in [0, 0.1) is 11.3 Å². The third kappa shape index (κ3) is 4.03. The number of rotatable bonds is 4. The van der Waals surface area contributed by atoms with E-state index in [9.17, 15) is 4.79 Å². The summed E-state index contributed by atoms with van der Waals surface area (Å²) in [5, 5.41) is 15.1. The van der Waals surface area contributed by atoms with Gasteiger partial charge in [0, 0.05) is 10.7 Å². The summed E-state index contributed by atoms with van der Waals surface area (Å²) in [6, 6.07) is 18.3. The highest BCUT2D eigenvalue weighted by Gasteiger charge is 2.10. The number of hydrogen-bond acceptors (Lipinski definition) is 4. The molecule has 3 aromatic rings. The van der Waals surface area contributed by atoms with Crippen LogP contribution in [-0.4, -0.2) is 10.9 Å². The van der Waals surface area contributed by atoms with Crippen molar-refractivity contribution < 1.29 is 4.79 Å². The molecule has 1 heterocycles. The van der Waals surface area contributed by atoms with Gasteiger partial charge in [-0.2, -0.15) is 5.26 Å². The third-order valence-corrected chi connectivity index (χ3v) is 4.14. The minimum absolute atomic E-state index is 0.267. The maximum Gasteiger partial charge on any atom is 0.257 e. The van der Waals surface area contributed by atoms with Crippen molar-refractivity contribution in [2.24, 2.45) is 0 Å². The fraction of sp³-hybridized carbons (Fsp3) is 0. The molecular weight excluding hydrogens is 380 g/mol.